The molecule has 3 heteroatoms. The highest BCUT2D eigenvalue weighted by Gasteiger charge is 2.54. The van der Waals surface area contributed by atoms with Gasteiger partial charge in [-0.1, -0.05) is 18.9 Å². The third kappa shape index (κ3) is 2.05. The van der Waals surface area contributed by atoms with Gasteiger partial charge in [0.2, 0.25) is 0 Å². The maximum absolute atomic E-state index is 6.20. The molecule has 0 saturated heterocycles. The lowest BCUT2D eigenvalue weighted by atomic mass is 9.61. The number of thiophene rings is 1. The molecule has 2 unspecified atom stereocenters. The minimum absolute atomic E-state index is 0.357. The van der Waals surface area contributed by atoms with Gasteiger partial charge in [0, 0.05) is 22.8 Å². The average Bonchev–Trinajstić information content (AvgIpc) is 3.00. The first-order valence-electron chi connectivity index (χ1n) is 6.71. The average molecular weight is 251 g/mol. The summed E-state index contributed by atoms with van der Waals surface area (Å²) in [5.41, 5.74) is 6.55. The maximum atomic E-state index is 6.20. The van der Waals surface area contributed by atoms with Crippen molar-refractivity contribution in [2.75, 3.05) is 6.61 Å². The molecule has 1 aromatic rings. The molecule has 2 N–H and O–H groups in total. The van der Waals surface area contributed by atoms with Gasteiger partial charge in [0.1, 0.15) is 0 Å². The molecule has 2 aliphatic rings. The van der Waals surface area contributed by atoms with Crippen LogP contribution in [0.5, 0.6) is 0 Å². The van der Waals surface area contributed by atoms with E-state index < -0.39 is 0 Å². The SMILES string of the molecule is NC1CC(OCCc2cccs2)C12CCCC2. The topological polar surface area (TPSA) is 35.2 Å². The molecule has 17 heavy (non-hydrogen) atoms. The quantitative estimate of drug-likeness (QED) is 0.893. The third-order valence-electron chi connectivity index (χ3n) is 4.63. The van der Waals surface area contributed by atoms with Gasteiger partial charge in [0.15, 0.2) is 0 Å². The fraction of sp³-hybridized carbons (Fsp3) is 0.714. The van der Waals surface area contributed by atoms with Gasteiger partial charge < -0.3 is 10.5 Å². The highest BCUT2D eigenvalue weighted by molar-refractivity contribution is 7.09. The highest BCUT2D eigenvalue weighted by atomic mass is 32.1. The fourth-order valence-electron chi connectivity index (χ4n) is 3.49. The van der Waals surface area contributed by atoms with Crippen LogP contribution in [0.2, 0.25) is 0 Å². The van der Waals surface area contributed by atoms with Crippen molar-refractivity contribution in [2.24, 2.45) is 11.1 Å². The molecule has 2 fully saturated rings. The zero-order valence-corrected chi connectivity index (χ0v) is 11.0. The van der Waals surface area contributed by atoms with E-state index in [0.717, 1.165) is 19.4 Å². The van der Waals surface area contributed by atoms with E-state index in [4.69, 9.17) is 10.5 Å². The standard InChI is InChI=1S/C14H21NOS/c15-12-10-13(14(12)6-1-2-7-14)16-8-5-11-4-3-9-17-11/h3-4,9,12-13H,1-2,5-8,10,15H2. The zero-order chi connectivity index (χ0) is 11.7. The molecule has 3 rings (SSSR count). The molecule has 1 aromatic heterocycles. The first-order valence-corrected chi connectivity index (χ1v) is 7.59. The Hall–Kier alpha value is -0.380. The van der Waals surface area contributed by atoms with Crippen LogP contribution in [0.25, 0.3) is 0 Å². The highest BCUT2D eigenvalue weighted by Crippen LogP contribution is 2.53. The summed E-state index contributed by atoms with van der Waals surface area (Å²) in [4.78, 5) is 1.43. The molecule has 0 bridgehead atoms. The molecule has 2 saturated carbocycles. The summed E-state index contributed by atoms with van der Waals surface area (Å²) in [6.07, 6.45) is 7.84. The number of hydrogen-bond donors (Lipinski definition) is 1. The molecule has 2 aliphatic carbocycles. The largest absolute Gasteiger partial charge is 0.377 e. The molecule has 1 spiro atoms. The second-order valence-corrected chi connectivity index (χ2v) is 6.50. The minimum Gasteiger partial charge on any atom is -0.377 e. The predicted octanol–water partition coefficient (Wildman–Crippen LogP) is 2.97. The molecule has 2 atom stereocenters. The summed E-state index contributed by atoms with van der Waals surface area (Å²) in [5, 5.41) is 2.13. The molecular formula is C14H21NOS. The van der Waals surface area contributed by atoms with Crippen LogP contribution in [-0.4, -0.2) is 18.8 Å². The van der Waals surface area contributed by atoms with Gasteiger partial charge in [-0.15, -0.1) is 11.3 Å². The monoisotopic (exact) mass is 251 g/mol. The predicted molar refractivity (Wildman–Crippen MR) is 71.3 cm³/mol. The van der Waals surface area contributed by atoms with Crippen molar-refractivity contribution in [1.82, 2.24) is 0 Å². The smallest absolute Gasteiger partial charge is 0.0661 e. The second kappa shape index (κ2) is 4.71. The van der Waals surface area contributed by atoms with Gasteiger partial charge >= 0.3 is 0 Å². The van der Waals surface area contributed by atoms with E-state index in [0.29, 0.717) is 17.6 Å². The second-order valence-electron chi connectivity index (χ2n) is 5.47. The van der Waals surface area contributed by atoms with E-state index in [9.17, 15) is 0 Å². The summed E-state index contributed by atoms with van der Waals surface area (Å²) < 4.78 is 6.09. The van der Waals surface area contributed by atoms with Crippen molar-refractivity contribution in [3.8, 4) is 0 Å². The lowest BCUT2D eigenvalue weighted by Gasteiger charge is -2.52. The molecule has 1 heterocycles. The maximum Gasteiger partial charge on any atom is 0.0661 e. The number of nitrogens with two attached hydrogens (primary N) is 1. The van der Waals surface area contributed by atoms with Crippen LogP contribution in [0.1, 0.15) is 37.0 Å². The van der Waals surface area contributed by atoms with Crippen molar-refractivity contribution >= 4 is 11.3 Å². The van der Waals surface area contributed by atoms with Gasteiger partial charge in [-0.05, 0) is 30.7 Å². The Kier molecular flexibility index (Phi) is 3.24. The van der Waals surface area contributed by atoms with Crippen molar-refractivity contribution in [3.05, 3.63) is 22.4 Å². The summed E-state index contributed by atoms with van der Waals surface area (Å²) in [6.45, 7) is 0.861. The fourth-order valence-corrected chi connectivity index (χ4v) is 4.19. The Morgan fingerprint density at radius 3 is 2.88 bits per heavy atom. The molecular weight excluding hydrogens is 230 g/mol. The summed E-state index contributed by atoms with van der Waals surface area (Å²) in [7, 11) is 0. The third-order valence-corrected chi connectivity index (χ3v) is 5.57. The lowest BCUT2D eigenvalue weighted by molar-refractivity contribution is -0.122. The van der Waals surface area contributed by atoms with Gasteiger partial charge in [-0.2, -0.15) is 0 Å². The lowest BCUT2D eigenvalue weighted by Crippen LogP contribution is -2.61. The van der Waals surface area contributed by atoms with Crippen LogP contribution in [-0.2, 0) is 11.2 Å². The van der Waals surface area contributed by atoms with Crippen LogP contribution >= 0.6 is 11.3 Å². The van der Waals surface area contributed by atoms with Gasteiger partial charge in [-0.25, -0.2) is 0 Å². The Morgan fingerprint density at radius 2 is 2.24 bits per heavy atom. The number of hydrogen-bond acceptors (Lipinski definition) is 3. The van der Waals surface area contributed by atoms with E-state index in [1.165, 1.54) is 30.6 Å². The first kappa shape index (κ1) is 11.7. The van der Waals surface area contributed by atoms with Gasteiger partial charge in [0.25, 0.3) is 0 Å². The minimum atomic E-state index is 0.357. The van der Waals surface area contributed by atoms with E-state index in [1.54, 1.807) is 0 Å². The van der Waals surface area contributed by atoms with E-state index in [2.05, 4.69) is 17.5 Å². The van der Waals surface area contributed by atoms with Gasteiger partial charge in [0.05, 0.1) is 12.7 Å². The Balaban J connectivity index is 1.49. The normalized spacial score (nSPS) is 30.6. The van der Waals surface area contributed by atoms with E-state index >= 15 is 0 Å². The summed E-state index contributed by atoms with van der Waals surface area (Å²) >= 11 is 1.82. The summed E-state index contributed by atoms with van der Waals surface area (Å²) in [6, 6.07) is 4.69. The Bertz CT molecular complexity index is 356. The van der Waals surface area contributed by atoms with Gasteiger partial charge in [-0.3, -0.25) is 0 Å². The molecule has 0 radical (unpaired) electrons. The Labute approximate surface area is 107 Å². The number of rotatable bonds is 4. The molecule has 94 valence electrons. The van der Waals surface area contributed by atoms with Crippen molar-refractivity contribution < 1.29 is 4.74 Å². The molecule has 0 amide bonds. The summed E-state index contributed by atoms with van der Waals surface area (Å²) in [5.74, 6) is 0. The molecule has 0 aromatic carbocycles. The van der Waals surface area contributed by atoms with Crippen molar-refractivity contribution in [1.29, 1.82) is 0 Å². The van der Waals surface area contributed by atoms with Crippen molar-refractivity contribution in [2.45, 2.75) is 50.7 Å². The van der Waals surface area contributed by atoms with Crippen molar-refractivity contribution in [3.63, 3.8) is 0 Å². The van der Waals surface area contributed by atoms with Crippen LogP contribution in [0, 0.1) is 5.41 Å². The van der Waals surface area contributed by atoms with Crippen LogP contribution < -0.4 is 5.73 Å². The number of ether oxygens (including phenoxy) is 1. The van der Waals surface area contributed by atoms with Crippen LogP contribution in [0.15, 0.2) is 17.5 Å². The van der Waals surface area contributed by atoms with Crippen LogP contribution in [0.4, 0.5) is 0 Å². The van der Waals surface area contributed by atoms with Crippen LogP contribution in [0.3, 0.4) is 0 Å². The Morgan fingerprint density at radius 1 is 1.41 bits per heavy atom. The van der Waals surface area contributed by atoms with E-state index in [1.807, 2.05) is 11.3 Å². The van der Waals surface area contributed by atoms with E-state index in [-0.39, 0.29) is 0 Å². The molecule has 0 aliphatic heterocycles. The molecule has 2 nitrogen and oxygen atoms in total. The zero-order valence-electron chi connectivity index (χ0n) is 10.2. The first-order chi connectivity index (χ1) is 8.31.